The highest BCUT2D eigenvalue weighted by Crippen LogP contribution is 1.92. The molecule has 0 saturated carbocycles. The molecule has 56 valence electrons. The lowest BCUT2D eigenvalue weighted by molar-refractivity contribution is 0.126. The van der Waals surface area contributed by atoms with Crippen LogP contribution in [-0.4, -0.2) is 16.7 Å². The second kappa shape index (κ2) is 3.48. The summed E-state index contributed by atoms with van der Waals surface area (Å²) in [5.74, 6) is 0.631. The van der Waals surface area contributed by atoms with Gasteiger partial charge in [-0.3, -0.25) is 0 Å². The molecule has 5 heteroatoms. The number of hydrogen-bond donors (Lipinski definition) is 1. The van der Waals surface area contributed by atoms with Crippen LogP contribution in [0.2, 0.25) is 0 Å². The average Bonchev–Trinajstić information content (AvgIpc) is 2.31. The Morgan fingerprint density at radius 2 is 2.60 bits per heavy atom. The van der Waals surface area contributed by atoms with E-state index in [1.54, 1.807) is 0 Å². The second-order valence-electron chi connectivity index (χ2n) is 1.67. The van der Waals surface area contributed by atoms with Crippen LogP contribution in [0, 0.1) is 4.84 Å². The van der Waals surface area contributed by atoms with Crippen molar-refractivity contribution in [3.8, 4) is 0 Å². The topological polar surface area (TPSA) is 51.1 Å². The molecule has 10 heavy (non-hydrogen) atoms. The van der Waals surface area contributed by atoms with Gasteiger partial charge in [0.1, 0.15) is 6.61 Å². The minimum Gasteiger partial charge on any atom is -0.374 e. The zero-order chi connectivity index (χ0) is 7.40. The Morgan fingerprint density at radius 1 is 1.80 bits per heavy atom. The molecule has 0 atom stereocenters. The first-order valence-electron chi connectivity index (χ1n) is 2.95. The predicted octanol–water partition coefficient (Wildman–Crippen LogP) is 1.27. The molecule has 0 aliphatic heterocycles. The van der Waals surface area contributed by atoms with E-state index in [1.807, 2.05) is 6.92 Å². The zero-order valence-electron chi connectivity index (χ0n) is 5.59. The van der Waals surface area contributed by atoms with Gasteiger partial charge in [-0.15, -0.1) is 0 Å². The van der Waals surface area contributed by atoms with E-state index in [0.29, 0.717) is 19.0 Å². The Bertz CT molecular complexity index is 242. The lowest BCUT2D eigenvalue weighted by Gasteiger charge is -1.92. The maximum Gasteiger partial charge on any atom is 0.314 e. The lowest BCUT2D eigenvalue weighted by Crippen LogP contribution is -1.93. The number of aromatic nitrogens is 2. The summed E-state index contributed by atoms with van der Waals surface area (Å²) in [4.78, 5) is 4.03. The van der Waals surface area contributed by atoms with Crippen molar-refractivity contribution < 1.29 is 9.26 Å². The SMILES string of the molecule is CCOCc1nc(=S)o[nH]1. The lowest BCUT2D eigenvalue weighted by atomic mass is 10.7. The van der Waals surface area contributed by atoms with Crippen LogP contribution in [0.4, 0.5) is 0 Å². The maximum atomic E-state index is 5.03. The van der Waals surface area contributed by atoms with Crippen LogP contribution in [-0.2, 0) is 11.3 Å². The third-order valence-corrected chi connectivity index (χ3v) is 1.10. The fraction of sp³-hybridized carbons (Fsp3) is 0.600. The highest BCUT2D eigenvalue weighted by Gasteiger charge is 1.95. The number of ether oxygens (including phenoxy) is 1. The summed E-state index contributed by atoms with van der Waals surface area (Å²) in [7, 11) is 0. The summed E-state index contributed by atoms with van der Waals surface area (Å²) in [6, 6.07) is 0. The molecule has 4 nitrogen and oxygen atoms in total. The fourth-order valence-electron chi connectivity index (χ4n) is 0.519. The highest BCUT2D eigenvalue weighted by molar-refractivity contribution is 7.71. The molecule has 0 fully saturated rings. The van der Waals surface area contributed by atoms with Crippen molar-refractivity contribution in [3.05, 3.63) is 10.7 Å². The monoisotopic (exact) mass is 160 g/mol. The second-order valence-corrected chi connectivity index (χ2v) is 2.01. The van der Waals surface area contributed by atoms with Gasteiger partial charge in [-0.2, -0.15) is 4.98 Å². The molecular formula is C5H8N2O2S. The Hall–Kier alpha value is -0.680. The van der Waals surface area contributed by atoms with E-state index in [-0.39, 0.29) is 4.84 Å². The Morgan fingerprint density at radius 3 is 3.10 bits per heavy atom. The van der Waals surface area contributed by atoms with Crippen molar-refractivity contribution in [1.82, 2.24) is 10.1 Å². The number of hydrogen-bond acceptors (Lipinski definition) is 4. The Labute approximate surface area is 63.2 Å². The molecule has 0 spiro atoms. The van der Waals surface area contributed by atoms with Crippen molar-refractivity contribution in [3.63, 3.8) is 0 Å². The molecule has 0 bridgehead atoms. The Kier molecular flexibility index (Phi) is 2.58. The molecule has 1 N–H and O–H groups in total. The minimum absolute atomic E-state index is 0.217. The van der Waals surface area contributed by atoms with E-state index >= 15 is 0 Å². The number of aromatic amines is 1. The first kappa shape index (κ1) is 7.43. The van der Waals surface area contributed by atoms with Crippen LogP contribution in [0.15, 0.2) is 4.52 Å². The average molecular weight is 160 g/mol. The third-order valence-electron chi connectivity index (χ3n) is 0.925. The van der Waals surface area contributed by atoms with Crippen LogP contribution in [0.5, 0.6) is 0 Å². The summed E-state index contributed by atoms with van der Waals surface area (Å²) < 4.78 is 9.69. The molecular weight excluding hydrogens is 152 g/mol. The summed E-state index contributed by atoms with van der Waals surface area (Å²) >= 11 is 4.62. The van der Waals surface area contributed by atoms with Crippen LogP contribution in [0.3, 0.4) is 0 Å². The highest BCUT2D eigenvalue weighted by atomic mass is 32.1. The Balaban J connectivity index is 2.50. The summed E-state index contributed by atoms with van der Waals surface area (Å²) in [6.45, 7) is 3.00. The number of nitrogens with one attached hydrogen (secondary N) is 1. The summed E-state index contributed by atoms with van der Waals surface area (Å²) in [6.07, 6.45) is 0. The quantitative estimate of drug-likeness (QED) is 0.676. The molecule has 1 aromatic heterocycles. The molecule has 0 aromatic carbocycles. The van der Waals surface area contributed by atoms with Crippen molar-refractivity contribution in [2.45, 2.75) is 13.5 Å². The van der Waals surface area contributed by atoms with Gasteiger partial charge in [0.25, 0.3) is 0 Å². The molecule has 1 aromatic rings. The van der Waals surface area contributed by atoms with Gasteiger partial charge in [0.2, 0.25) is 0 Å². The smallest absolute Gasteiger partial charge is 0.314 e. The summed E-state index contributed by atoms with van der Waals surface area (Å²) in [5.41, 5.74) is 0. The van der Waals surface area contributed by atoms with Crippen LogP contribution in [0.25, 0.3) is 0 Å². The molecule has 0 aliphatic carbocycles. The van der Waals surface area contributed by atoms with E-state index in [9.17, 15) is 0 Å². The molecule has 0 aliphatic rings. The predicted molar refractivity (Wildman–Crippen MR) is 37.0 cm³/mol. The van der Waals surface area contributed by atoms with Gasteiger partial charge in [0.05, 0.1) is 0 Å². The van der Waals surface area contributed by atoms with Crippen molar-refractivity contribution in [2.75, 3.05) is 6.61 Å². The van der Waals surface area contributed by atoms with Gasteiger partial charge in [0.15, 0.2) is 5.82 Å². The first-order chi connectivity index (χ1) is 4.83. The molecule has 0 amide bonds. The van der Waals surface area contributed by atoms with Gasteiger partial charge >= 0.3 is 4.84 Å². The van der Waals surface area contributed by atoms with E-state index in [0.717, 1.165) is 0 Å². The summed E-state index contributed by atoms with van der Waals surface area (Å²) in [5, 5.41) is 2.52. The van der Waals surface area contributed by atoms with E-state index in [2.05, 4.69) is 26.9 Å². The standard InChI is InChI=1S/C5H8N2O2S/c1-2-8-3-4-6-5(10)9-7-4/h2-3H2,1H3,(H,6,7,10). The van der Waals surface area contributed by atoms with Crippen molar-refractivity contribution >= 4 is 12.2 Å². The van der Waals surface area contributed by atoms with Gasteiger partial charge in [-0.05, 0) is 19.1 Å². The van der Waals surface area contributed by atoms with Crippen LogP contribution < -0.4 is 0 Å². The molecule has 1 rings (SSSR count). The third kappa shape index (κ3) is 1.93. The van der Waals surface area contributed by atoms with Crippen molar-refractivity contribution in [1.29, 1.82) is 0 Å². The fourth-order valence-corrected chi connectivity index (χ4v) is 0.671. The van der Waals surface area contributed by atoms with Gasteiger partial charge in [0, 0.05) is 6.61 Å². The molecule has 0 radical (unpaired) electrons. The number of H-pyrrole nitrogens is 1. The van der Waals surface area contributed by atoms with E-state index in [1.165, 1.54) is 0 Å². The molecule has 1 heterocycles. The molecule has 0 unspecified atom stereocenters. The van der Waals surface area contributed by atoms with Gasteiger partial charge < -0.3 is 9.26 Å². The number of rotatable bonds is 3. The number of nitrogens with zero attached hydrogens (tertiary/aromatic N) is 1. The minimum atomic E-state index is 0.217. The van der Waals surface area contributed by atoms with E-state index < -0.39 is 0 Å². The first-order valence-corrected chi connectivity index (χ1v) is 3.36. The van der Waals surface area contributed by atoms with Gasteiger partial charge in [-0.1, -0.05) is 0 Å². The zero-order valence-corrected chi connectivity index (χ0v) is 6.40. The van der Waals surface area contributed by atoms with Crippen LogP contribution in [0.1, 0.15) is 12.7 Å². The van der Waals surface area contributed by atoms with Gasteiger partial charge in [-0.25, -0.2) is 5.16 Å². The largest absolute Gasteiger partial charge is 0.374 e. The van der Waals surface area contributed by atoms with Crippen LogP contribution >= 0.6 is 12.2 Å². The normalized spacial score (nSPS) is 10.1. The van der Waals surface area contributed by atoms with E-state index in [4.69, 9.17) is 4.74 Å². The maximum absolute atomic E-state index is 5.03. The van der Waals surface area contributed by atoms with Crippen molar-refractivity contribution in [2.24, 2.45) is 0 Å². The molecule has 0 saturated heterocycles.